The number of benzene rings is 2. The highest BCUT2D eigenvalue weighted by atomic mass is 32.2. The Kier molecular flexibility index (Phi) is 9.37. The molecule has 0 saturated heterocycles. The molecule has 166 valence electrons. The molecule has 0 atom stereocenters. The number of thioether (sulfide) groups is 1. The Morgan fingerprint density at radius 3 is 2.27 bits per heavy atom. The minimum absolute atomic E-state index is 0.00422. The molecule has 0 radical (unpaired) electrons. The lowest BCUT2D eigenvalue weighted by molar-refractivity contribution is 0.415. The molecule has 0 fully saturated rings. The predicted octanol–water partition coefficient (Wildman–Crippen LogP) is 6.02. The topological polar surface area (TPSA) is 66.8 Å². The van der Waals surface area contributed by atoms with Crippen LogP contribution in [0.15, 0.2) is 46.2 Å². The van der Waals surface area contributed by atoms with E-state index in [9.17, 15) is 13.5 Å². The molecule has 0 aliphatic heterocycles. The second-order valence-electron chi connectivity index (χ2n) is 7.22. The van der Waals surface area contributed by atoms with E-state index in [2.05, 4.69) is 6.92 Å². The summed E-state index contributed by atoms with van der Waals surface area (Å²) in [5.74, 6) is 0.822. The van der Waals surface area contributed by atoms with Crippen LogP contribution in [0.1, 0.15) is 46.0 Å². The minimum Gasteiger partial charge on any atom is -0.507 e. The molecular formula is C23H33NO4S2. The van der Waals surface area contributed by atoms with Crippen LogP contribution in [0.2, 0.25) is 0 Å². The summed E-state index contributed by atoms with van der Waals surface area (Å²) in [6.45, 7) is 4.80. The van der Waals surface area contributed by atoms with Gasteiger partial charge in [0.2, 0.25) is 0 Å². The van der Waals surface area contributed by atoms with E-state index in [-0.39, 0.29) is 16.4 Å². The number of anilines is 2. The van der Waals surface area contributed by atoms with Gasteiger partial charge in [-0.3, -0.25) is 0 Å². The van der Waals surface area contributed by atoms with Crippen LogP contribution in [0.25, 0.3) is 0 Å². The van der Waals surface area contributed by atoms with Crippen molar-refractivity contribution < 1.29 is 18.3 Å². The Hall–Kier alpha value is -1.86. The normalized spacial score (nSPS) is 11.5. The number of hydrogen-bond donors (Lipinski definition) is 1. The highest BCUT2D eigenvalue weighted by molar-refractivity contribution is 7.98. The van der Waals surface area contributed by atoms with Gasteiger partial charge < -0.3 is 14.7 Å². The standard InChI is InChI=1S/C23H33NO4S2/c1-5-7-9-14-24(18-10-12-19(28-3)13-11-18)20-16-22(29-4)21(25)17-23(20)30(26,27)15-8-6-2/h10-13,16-17,25H,5-9,14-15H2,1-4H3. The first kappa shape index (κ1) is 24.4. The van der Waals surface area contributed by atoms with Crippen LogP contribution in [-0.2, 0) is 9.84 Å². The first-order valence-electron chi connectivity index (χ1n) is 10.4. The van der Waals surface area contributed by atoms with Crippen molar-refractivity contribution in [3.05, 3.63) is 36.4 Å². The van der Waals surface area contributed by atoms with Crippen LogP contribution in [0, 0.1) is 0 Å². The van der Waals surface area contributed by atoms with E-state index in [4.69, 9.17) is 4.74 Å². The minimum atomic E-state index is -3.53. The van der Waals surface area contributed by atoms with Gasteiger partial charge in [0.25, 0.3) is 0 Å². The van der Waals surface area contributed by atoms with Crippen molar-refractivity contribution in [3.63, 3.8) is 0 Å². The molecule has 0 aliphatic carbocycles. The van der Waals surface area contributed by atoms with Gasteiger partial charge in [0, 0.05) is 18.3 Å². The first-order valence-corrected chi connectivity index (χ1v) is 13.3. The number of hydrogen-bond acceptors (Lipinski definition) is 6. The molecule has 30 heavy (non-hydrogen) atoms. The number of methoxy groups -OCH3 is 1. The maximum atomic E-state index is 13.2. The Bertz CT molecular complexity index is 912. The van der Waals surface area contributed by atoms with Gasteiger partial charge in [0.05, 0.1) is 28.3 Å². The van der Waals surface area contributed by atoms with Gasteiger partial charge in [-0.05, 0) is 49.4 Å². The van der Waals surface area contributed by atoms with Crippen LogP contribution in [0.3, 0.4) is 0 Å². The van der Waals surface area contributed by atoms with E-state index in [1.165, 1.54) is 17.8 Å². The maximum absolute atomic E-state index is 13.2. The summed E-state index contributed by atoms with van der Waals surface area (Å²) in [5, 5.41) is 10.4. The molecule has 0 aliphatic rings. The zero-order chi connectivity index (χ0) is 22.1. The number of nitrogens with zero attached hydrogens (tertiary/aromatic N) is 1. The Balaban J connectivity index is 2.63. The van der Waals surface area contributed by atoms with E-state index in [0.717, 1.165) is 37.1 Å². The Labute approximate surface area is 185 Å². The first-order chi connectivity index (χ1) is 14.4. The van der Waals surface area contributed by atoms with Crippen LogP contribution in [-0.4, -0.2) is 39.2 Å². The monoisotopic (exact) mass is 451 g/mol. The van der Waals surface area contributed by atoms with Crippen LogP contribution < -0.4 is 9.64 Å². The molecule has 0 bridgehead atoms. The molecule has 0 spiro atoms. The maximum Gasteiger partial charge on any atom is 0.180 e. The lowest BCUT2D eigenvalue weighted by Gasteiger charge is -2.28. The molecule has 2 rings (SSSR count). The molecular weight excluding hydrogens is 418 g/mol. The number of sulfone groups is 1. The molecule has 0 unspecified atom stereocenters. The summed E-state index contributed by atoms with van der Waals surface area (Å²) >= 11 is 1.40. The largest absolute Gasteiger partial charge is 0.507 e. The fourth-order valence-corrected chi connectivity index (χ4v) is 5.44. The number of phenols is 1. The number of phenolic OH excluding ortho intramolecular Hbond substituents is 1. The van der Waals surface area contributed by atoms with Crippen molar-refractivity contribution in [1.82, 2.24) is 0 Å². The zero-order valence-electron chi connectivity index (χ0n) is 18.3. The van der Waals surface area contributed by atoms with E-state index < -0.39 is 9.84 Å². The smallest absolute Gasteiger partial charge is 0.180 e. The van der Waals surface area contributed by atoms with Crippen molar-refractivity contribution in [1.29, 1.82) is 0 Å². The third-order valence-corrected chi connectivity index (χ3v) is 7.61. The van der Waals surface area contributed by atoms with Gasteiger partial charge in [0.15, 0.2) is 9.84 Å². The molecule has 5 nitrogen and oxygen atoms in total. The highest BCUT2D eigenvalue weighted by Gasteiger charge is 2.25. The third kappa shape index (κ3) is 6.08. The SMILES string of the molecule is CCCCCN(c1ccc(OC)cc1)c1cc(SC)c(O)cc1S(=O)(=O)CCCC. The second kappa shape index (κ2) is 11.5. The summed E-state index contributed by atoms with van der Waals surface area (Å²) < 4.78 is 31.6. The Morgan fingerprint density at radius 2 is 1.70 bits per heavy atom. The van der Waals surface area contributed by atoms with Gasteiger partial charge in [-0.2, -0.15) is 0 Å². The van der Waals surface area contributed by atoms with Crippen LogP contribution in [0.4, 0.5) is 11.4 Å². The number of aromatic hydroxyl groups is 1. The van der Waals surface area contributed by atoms with Crippen molar-refractivity contribution >= 4 is 33.0 Å². The number of ether oxygens (including phenoxy) is 1. The second-order valence-corrected chi connectivity index (χ2v) is 10.1. The quantitative estimate of drug-likeness (QED) is 0.314. The van der Waals surface area contributed by atoms with Gasteiger partial charge in [0.1, 0.15) is 11.5 Å². The molecule has 0 amide bonds. The average molecular weight is 452 g/mol. The lowest BCUT2D eigenvalue weighted by Crippen LogP contribution is -2.22. The predicted molar refractivity (Wildman–Crippen MR) is 126 cm³/mol. The molecule has 2 aromatic carbocycles. The summed E-state index contributed by atoms with van der Waals surface area (Å²) in [4.78, 5) is 2.90. The molecule has 0 saturated carbocycles. The zero-order valence-corrected chi connectivity index (χ0v) is 20.0. The third-order valence-electron chi connectivity index (χ3n) is 5.02. The fourth-order valence-electron chi connectivity index (χ4n) is 3.28. The highest BCUT2D eigenvalue weighted by Crippen LogP contribution is 2.40. The van der Waals surface area contributed by atoms with E-state index in [1.807, 2.05) is 42.3 Å². The van der Waals surface area contributed by atoms with E-state index in [1.54, 1.807) is 13.2 Å². The summed E-state index contributed by atoms with van der Waals surface area (Å²) in [5.41, 5.74) is 1.52. The van der Waals surface area contributed by atoms with Crippen LogP contribution in [0.5, 0.6) is 11.5 Å². The fraction of sp³-hybridized carbons (Fsp3) is 0.478. The average Bonchev–Trinajstić information content (AvgIpc) is 2.75. The molecule has 0 aromatic heterocycles. The molecule has 7 heteroatoms. The van der Waals surface area contributed by atoms with Crippen molar-refractivity contribution in [2.75, 3.05) is 30.6 Å². The number of unbranched alkanes of at least 4 members (excludes halogenated alkanes) is 3. The molecule has 1 N–H and O–H groups in total. The number of rotatable bonds is 12. The summed E-state index contributed by atoms with van der Waals surface area (Å²) in [7, 11) is -1.91. The van der Waals surface area contributed by atoms with Crippen molar-refractivity contribution in [2.45, 2.75) is 55.7 Å². The Morgan fingerprint density at radius 1 is 1.03 bits per heavy atom. The van der Waals surface area contributed by atoms with E-state index >= 15 is 0 Å². The van der Waals surface area contributed by atoms with Gasteiger partial charge in [-0.15, -0.1) is 11.8 Å². The summed E-state index contributed by atoms with van der Waals surface area (Å²) in [6.07, 6.45) is 6.32. The summed E-state index contributed by atoms with van der Waals surface area (Å²) in [6, 6.07) is 10.9. The van der Waals surface area contributed by atoms with Crippen LogP contribution >= 0.6 is 11.8 Å². The van der Waals surface area contributed by atoms with E-state index in [0.29, 0.717) is 23.5 Å². The lowest BCUT2D eigenvalue weighted by atomic mass is 10.2. The molecule has 2 aromatic rings. The van der Waals surface area contributed by atoms with Crippen molar-refractivity contribution in [2.24, 2.45) is 0 Å². The van der Waals surface area contributed by atoms with Gasteiger partial charge in [-0.25, -0.2) is 8.42 Å². The van der Waals surface area contributed by atoms with Gasteiger partial charge in [-0.1, -0.05) is 33.1 Å². The molecule has 0 heterocycles. The van der Waals surface area contributed by atoms with Crippen molar-refractivity contribution in [3.8, 4) is 11.5 Å². The van der Waals surface area contributed by atoms with Gasteiger partial charge >= 0.3 is 0 Å².